The van der Waals surface area contributed by atoms with Crippen molar-refractivity contribution in [2.75, 3.05) is 25.9 Å². The van der Waals surface area contributed by atoms with Gasteiger partial charge in [0.15, 0.2) is 0 Å². The topological polar surface area (TPSA) is 95.3 Å². The zero-order chi connectivity index (χ0) is 14.7. The van der Waals surface area contributed by atoms with Crippen molar-refractivity contribution in [1.29, 1.82) is 0 Å². The zero-order valence-corrected chi connectivity index (χ0v) is 11.9. The molecule has 0 unspecified atom stereocenters. The molecule has 0 aliphatic carbocycles. The molecule has 0 saturated carbocycles. The predicted molar refractivity (Wildman–Crippen MR) is 75.0 cm³/mol. The minimum Gasteiger partial charge on any atom is -0.382 e. The number of hydrogen-bond acceptors (Lipinski definition) is 4. The number of carbonyl (C=O) groups is 2. The Morgan fingerprint density at radius 1 is 1.55 bits per heavy atom. The Balaban J connectivity index is 2.18. The normalized spacial score (nSPS) is 19.5. The summed E-state index contributed by atoms with van der Waals surface area (Å²) in [6.45, 7) is 3.16. The first-order chi connectivity index (χ1) is 9.54. The van der Waals surface area contributed by atoms with Crippen LogP contribution in [0.1, 0.15) is 36.7 Å². The van der Waals surface area contributed by atoms with Gasteiger partial charge in [-0.05, 0) is 6.42 Å². The molecule has 1 aliphatic heterocycles. The Labute approximate surface area is 118 Å². The van der Waals surface area contributed by atoms with Crippen LogP contribution in [0.15, 0.2) is 6.07 Å². The third kappa shape index (κ3) is 2.76. The molecule has 1 atom stereocenters. The maximum atomic E-state index is 12.5. The smallest absolute Gasteiger partial charge is 0.272 e. The lowest BCUT2D eigenvalue weighted by atomic mass is 10.0. The van der Waals surface area contributed by atoms with E-state index in [-0.39, 0.29) is 23.7 Å². The van der Waals surface area contributed by atoms with Crippen LogP contribution in [0.4, 0.5) is 5.82 Å². The van der Waals surface area contributed by atoms with Gasteiger partial charge in [0.2, 0.25) is 5.91 Å². The SMILES string of the molecule is CCCC[C@@H]1C(=O)N(C)CCN1C(=O)c1cc(N)n[nH]1. The average Bonchev–Trinajstić information content (AvgIpc) is 2.86. The van der Waals surface area contributed by atoms with Gasteiger partial charge in [0, 0.05) is 26.2 Å². The first kappa shape index (κ1) is 14.4. The number of piperazine rings is 1. The number of aromatic amines is 1. The summed E-state index contributed by atoms with van der Waals surface area (Å²) in [5.41, 5.74) is 5.86. The van der Waals surface area contributed by atoms with Crippen molar-refractivity contribution in [3.63, 3.8) is 0 Å². The van der Waals surface area contributed by atoms with Gasteiger partial charge >= 0.3 is 0 Å². The summed E-state index contributed by atoms with van der Waals surface area (Å²) < 4.78 is 0. The molecule has 1 fully saturated rings. The zero-order valence-electron chi connectivity index (χ0n) is 11.9. The molecule has 3 N–H and O–H groups in total. The highest BCUT2D eigenvalue weighted by molar-refractivity contribution is 5.97. The molecule has 0 spiro atoms. The van der Waals surface area contributed by atoms with Crippen LogP contribution in [0.2, 0.25) is 0 Å². The van der Waals surface area contributed by atoms with Gasteiger partial charge in [0.05, 0.1) is 0 Å². The summed E-state index contributed by atoms with van der Waals surface area (Å²) in [6.07, 6.45) is 2.60. The van der Waals surface area contributed by atoms with Gasteiger partial charge in [-0.2, -0.15) is 5.10 Å². The summed E-state index contributed by atoms with van der Waals surface area (Å²) in [6, 6.07) is 1.12. The van der Waals surface area contributed by atoms with E-state index in [2.05, 4.69) is 17.1 Å². The highest BCUT2D eigenvalue weighted by atomic mass is 16.2. The van der Waals surface area contributed by atoms with E-state index in [0.29, 0.717) is 25.2 Å². The van der Waals surface area contributed by atoms with Crippen molar-refractivity contribution in [2.24, 2.45) is 0 Å². The number of nitrogens with one attached hydrogen (secondary N) is 1. The second-order valence-electron chi connectivity index (χ2n) is 5.12. The molecule has 2 rings (SSSR count). The number of likely N-dealkylation sites (N-methyl/N-ethyl adjacent to an activating group) is 1. The number of amides is 2. The van der Waals surface area contributed by atoms with E-state index in [1.807, 2.05) is 0 Å². The summed E-state index contributed by atoms with van der Waals surface area (Å²) in [5, 5.41) is 6.38. The summed E-state index contributed by atoms with van der Waals surface area (Å²) >= 11 is 0. The fourth-order valence-electron chi connectivity index (χ4n) is 2.43. The number of aromatic nitrogens is 2. The van der Waals surface area contributed by atoms with E-state index >= 15 is 0 Å². The number of hydrogen-bond donors (Lipinski definition) is 2. The predicted octanol–water partition coefficient (Wildman–Crippen LogP) is 0.465. The van der Waals surface area contributed by atoms with E-state index in [9.17, 15) is 9.59 Å². The Morgan fingerprint density at radius 2 is 2.30 bits per heavy atom. The van der Waals surface area contributed by atoms with Crippen LogP contribution in [0.25, 0.3) is 0 Å². The molecule has 7 heteroatoms. The number of nitrogen functional groups attached to an aromatic ring is 1. The third-order valence-electron chi connectivity index (χ3n) is 3.63. The van der Waals surface area contributed by atoms with E-state index in [0.717, 1.165) is 12.8 Å². The lowest BCUT2D eigenvalue weighted by Crippen LogP contribution is -2.57. The van der Waals surface area contributed by atoms with E-state index in [1.54, 1.807) is 16.8 Å². The largest absolute Gasteiger partial charge is 0.382 e. The highest BCUT2D eigenvalue weighted by Crippen LogP contribution is 2.19. The molecule has 1 saturated heterocycles. The monoisotopic (exact) mass is 279 g/mol. The van der Waals surface area contributed by atoms with Gasteiger partial charge in [-0.15, -0.1) is 0 Å². The van der Waals surface area contributed by atoms with Gasteiger partial charge in [-0.1, -0.05) is 19.8 Å². The molecule has 2 heterocycles. The molecule has 20 heavy (non-hydrogen) atoms. The van der Waals surface area contributed by atoms with Crippen molar-refractivity contribution in [3.05, 3.63) is 11.8 Å². The maximum absolute atomic E-state index is 12.5. The highest BCUT2D eigenvalue weighted by Gasteiger charge is 2.36. The molecule has 1 aromatic rings. The quantitative estimate of drug-likeness (QED) is 0.837. The second kappa shape index (κ2) is 5.94. The minimum atomic E-state index is -0.384. The summed E-state index contributed by atoms with van der Waals surface area (Å²) in [4.78, 5) is 28.0. The molecule has 7 nitrogen and oxygen atoms in total. The summed E-state index contributed by atoms with van der Waals surface area (Å²) in [7, 11) is 1.78. The fourth-order valence-corrected chi connectivity index (χ4v) is 2.43. The molecular formula is C13H21N5O2. The maximum Gasteiger partial charge on any atom is 0.272 e. The Hall–Kier alpha value is -2.05. The average molecular weight is 279 g/mol. The van der Waals surface area contributed by atoms with Crippen molar-refractivity contribution < 1.29 is 9.59 Å². The molecule has 0 bridgehead atoms. The number of rotatable bonds is 4. The Bertz CT molecular complexity index is 499. The van der Waals surface area contributed by atoms with Gasteiger partial charge < -0.3 is 15.5 Å². The van der Waals surface area contributed by atoms with Crippen LogP contribution >= 0.6 is 0 Å². The Morgan fingerprint density at radius 3 is 2.90 bits per heavy atom. The van der Waals surface area contributed by atoms with E-state index in [4.69, 9.17) is 5.73 Å². The first-order valence-corrected chi connectivity index (χ1v) is 6.91. The minimum absolute atomic E-state index is 0.00513. The van der Waals surface area contributed by atoms with Crippen LogP contribution in [0, 0.1) is 0 Å². The van der Waals surface area contributed by atoms with Gasteiger partial charge in [-0.25, -0.2) is 0 Å². The van der Waals surface area contributed by atoms with E-state index < -0.39 is 0 Å². The van der Waals surface area contributed by atoms with Gasteiger partial charge in [0.1, 0.15) is 17.6 Å². The Kier molecular flexibility index (Phi) is 4.26. The molecule has 110 valence electrons. The van der Waals surface area contributed by atoms with Crippen molar-refractivity contribution in [3.8, 4) is 0 Å². The lowest BCUT2D eigenvalue weighted by Gasteiger charge is -2.39. The number of carbonyl (C=O) groups excluding carboxylic acids is 2. The molecule has 1 aliphatic rings. The van der Waals surface area contributed by atoms with Crippen molar-refractivity contribution in [2.45, 2.75) is 32.2 Å². The van der Waals surface area contributed by atoms with Crippen LogP contribution in [-0.4, -0.2) is 58.0 Å². The fraction of sp³-hybridized carbons (Fsp3) is 0.615. The number of anilines is 1. The molecule has 2 amide bonds. The van der Waals surface area contributed by atoms with Crippen LogP contribution in [0.3, 0.4) is 0 Å². The third-order valence-corrected chi connectivity index (χ3v) is 3.63. The van der Waals surface area contributed by atoms with Crippen LogP contribution < -0.4 is 5.73 Å². The molecule has 0 aromatic carbocycles. The molecule has 0 radical (unpaired) electrons. The number of nitrogens with two attached hydrogens (primary N) is 1. The van der Waals surface area contributed by atoms with Gasteiger partial charge in [0.25, 0.3) is 5.91 Å². The number of H-pyrrole nitrogens is 1. The standard InChI is InChI=1S/C13H21N5O2/c1-3-4-5-10-13(20)17(2)6-7-18(10)12(19)9-8-11(14)16-15-9/h8,10H,3-7H2,1-2H3,(H3,14,15,16)/t10-/m1/s1. The molecular weight excluding hydrogens is 258 g/mol. The number of nitrogens with zero attached hydrogens (tertiary/aromatic N) is 3. The second-order valence-corrected chi connectivity index (χ2v) is 5.12. The number of unbranched alkanes of at least 4 members (excludes halogenated alkanes) is 1. The van der Waals surface area contributed by atoms with Crippen LogP contribution in [-0.2, 0) is 4.79 Å². The lowest BCUT2D eigenvalue weighted by molar-refractivity contribution is -0.138. The van der Waals surface area contributed by atoms with Crippen molar-refractivity contribution >= 4 is 17.6 Å². The van der Waals surface area contributed by atoms with E-state index in [1.165, 1.54) is 6.07 Å². The first-order valence-electron chi connectivity index (χ1n) is 6.91. The summed E-state index contributed by atoms with van der Waals surface area (Å²) in [5.74, 6) is 0.0706. The molecule has 1 aromatic heterocycles. The van der Waals surface area contributed by atoms with Crippen LogP contribution in [0.5, 0.6) is 0 Å². The van der Waals surface area contributed by atoms with Gasteiger partial charge in [-0.3, -0.25) is 14.7 Å². The van der Waals surface area contributed by atoms with Crippen molar-refractivity contribution in [1.82, 2.24) is 20.0 Å².